The van der Waals surface area contributed by atoms with Crippen LogP contribution >= 0.6 is 23.4 Å². The minimum atomic E-state index is -0.0534. The van der Waals surface area contributed by atoms with Crippen LogP contribution in [0.2, 0.25) is 5.02 Å². The molecule has 24 heavy (non-hydrogen) atoms. The van der Waals surface area contributed by atoms with Crippen molar-refractivity contribution in [2.24, 2.45) is 4.99 Å². The van der Waals surface area contributed by atoms with Crippen molar-refractivity contribution in [1.29, 1.82) is 0 Å². The molecule has 1 aliphatic rings. The van der Waals surface area contributed by atoms with Crippen LogP contribution in [-0.4, -0.2) is 28.3 Å². The Balaban J connectivity index is 1.76. The number of halogens is 1. The topological polar surface area (TPSA) is 32.7 Å². The molecule has 1 amide bonds. The lowest BCUT2D eigenvalue weighted by Crippen LogP contribution is -2.30. The highest BCUT2D eigenvalue weighted by Gasteiger charge is 2.24. The summed E-state index contributed by atoms with van der Waals surface area (Å²) in [5, 5.41) is 1.44. The van der Waals surface area contributed by atoms with Gasteiger partial charge in [-0.2, -0.15) is 0 Å². The van der Waals surface area contributed by atoms with Gasteiger partial charge in [-0.25, -0.2) is 4.99 Å². The predicted molar refractivity (Wildman–Crippen MR) is 103 cm³/mol. The van der Waals surface area contributed by atoms with E-state index in [0.717, 1.165) is 27.7 Å². The molecule has 0 bridgehead atoms. The van der Waals surface area contributed by atoms with Crippen molar-refractivity contribution in [3.63, 3.8) is 0 Å². The quantitative estimate of drug-likeness (QED) is 0.731. The zero-order valence-electron chi connectivity index (χ0n) is 13.3. The Morgan fingerprint density at radius 2 is 1.96 bits per heavy atom. The molecular formula is C19H17ClN2OS. The number of rotatable bonds is 3. The van der Waals surface area contributed by atoms with Crippen molar-refractivity contribution in [1.82, 2.24) is 4.90 Å². The van der Waals surface area contributed by atoms with Gasteiger partial charge in [-0.3, -0.25) is 9.69 Å². The molecule has 2 aromatic carbocycles. The number of hydrogen-bond donors (Lipinski definition) is 0. The van der Waals surface area contributed by atoms with E-state index in [2.05, 4.69) is 4.99 Å². The zero-order valence-corrected chi connectivity index (χ0v) is 14.8. The summed E-state index contributed by atoms with van der Waals surface area (Å²) >= 11 is 7.48. The number of carbonyl (C=O) groups excluding carboxylic acids is 1. The second kappa shape index (κ2) is 7.69. The van der Waals surface area contributed by atoms with Gasteiger partial charge >= 0.3 is 0 Å². The Kier molecular flexibility index (Phi) is 5.38. The number of amides is 1. The van der Waals surface area contributed by atoms with Gasteiger partial charge in [0.1, 0.15) is 0 Å². The molecule has 1 aliphatic heterocycles. The summed E-state index contributed by atoms with van der Waals surface area (Å²) in [7, 11) is 0. The van der Waals surface area contributed by atoms with Crippen LogP contribution in [0.4, 0.5) is 5.69 Å². The number of thioether (sulfide) groups is 1. The average Bonchev–Trinajstić information content (AvgIpc) is 3.04. The Morgan fingerprint density at radius 3 is 2.71 bits per heavy atom. The maximum atomic E-state index is 12.5. The van der Waals surface area contributed by atoms with Crippen LogP contribution in [0.1, 0.15) is 11.1 Å². The van der Waals surface area contributed by atoms with Crippen molar-refractivity contribution >= 4 is 46.2 Å². The van der Waals surface area contributed by atoms with Crippen molar-refractivity contribution in [2.45, 2.75) is 6.92 Å². The second-order valence-corrected chi connectivity index (χ2v) is 6.90. The third kappa shape index (κ3) is 4.08. The molecule has 1 saturated heterocycles. The lowest BCUT2D eigenvalue weighted by molar-refractivity contribution is -0.121. The first-order chi connectivity index (χ1) is 11.6. The average molecular weight is 357 g/mol. The monoisotopic (exact) mass is 356 g/mol. The third-order valence-electron chi connectivity index (χ3n) is 3.66. The van der Waals surface area contributed by atoms with E-state index < -0.39 is 0 Å². The fourth-order valence-electron chi connectivity index (χ4n) is 2.32. The molecule has 122 valence electrons. The fourth-order valence-corrected chi connectivity index (χ4v) is 3.40. The van der Waals surface area contributed by atoms with E-state index in [1.165, 1.54) is 0 Å². The van der Waals surface area contributed by atoms with Crippen LogP contribution in [0.3, 0.4) is 0 Å². The zero-order chi connectivity index (χ0) is 16.9. The number of para-hydroxylation sites is 1. The number of carbonyl (C=O) groups is 1. The summed E-state index contributed by atoms with van der Waals surface area (Å²) in [6.07, 6.45) is 3.38. The number of aliphatic imine (C=N–C) groups is 1. The minimum absolute atomic E-state index is 0.0534. The SMILES string of the molecule is Cc1ccccc1N=C1SCCN1C(=O)/C=C/c1ccc(Cl)cc1. The maximum absolute atomic E-state index is 12.5. The Labute approximate surface area is 151 Å². The van der Waals surface area contributed by atoms with E-state index in [4.69, 9.17) is 11.6 Å². The van der Waals surface area contributed by atoms with E-state index >= 15 is 0 Å². The van der Waals surface area contributed by atoms with Crippen molar-refractivity contribution < 1.29 is 4.79 Å². The highest BCUT2D eigenvalue weighted by molar-refractivity contribution is 8.14. The summed E-state index contributed by atoms with van der Waals surface area (Å²) in [5.41, 5.74) is 2.94. The molecule has 3 nitrogen and oxygen atoms in total. The van der Waals surface area contributed by atoms with E-state index in [-0.39, 0.29) is 5.91 Å². The molecule has 5 heteroatoms. The number of hydrogen-bond acceptors (Lipinski definition) is 3. The highest BCUT2D eigenvalue weighted by Crippen LogP contribution is 2.25. The van der Waals surface area contributed by atoms with Gasteiger partial charge in [0.05, 0.1) is 5.69 Å². The summed E-state index contributed by atoms with van der Waals surface area (Å²) in [5.74, 6) is 0.813. The molecule has 0 N–H and O–H groups in total. The van der Waals surface area contributed by atoms with Gasteiger partial charge in [-0.15, -0.1) is 0 Å². The molecule has 0 aliphatic carbocycles. The summed E-state index contributed by atoms with van der Waals surface area (Å²) in [4.78, 5) is 18.9. The molecule has 0 radical (unpaired) electrons. The first-order valence-corrected chi connectivity index (χ1v) is 9.02. The maximum Gasteiger partial charge on any atom is 0.252 e. The lowest BCUT2D eigenvalue weighted by Gasteiger charge is -2.13. The summed E-state index contributed by atoms with van der Waals surface area (Å²) in [6, 6.07) is 15.3. The molecule has 1 fully saturated rings. The molecule has 0 atom stereocenters. The molecule has 3 rings (SSSR count). The van der Waals surface area contributed by atoms with Crippen LogP contribution in [0.15, 0.2) is 59.6 Å². The highest BCUT2D eigenvalue weighted by atomic mass is 35.5. The lowest BCUT2D eigenvalue weighted by atomic mass is 10.2. The van der Waals surface area contributed by atoms with Crippen molar-refractivity contribution in [2.75, 3.05) is 12.3 Å². The van der Waals surface area contributed by atoms with E-state index in [1.807, 2.05) is 55.5 Å². The van der Waals surface area contributed by atoms with Gasteiger partial charge in [0.15, 0.2) is 5.17 Å². The first kappa shape index (κ1) is 16.8. The molecular weight excluding hydrogens is 340 g/mol. The van der Waals surface area contributed by atoms with E-state index in [1.54, 1.807) is 28.8 Å². The minimum Gasteiger partial charge on any atom is -0.287 e. The number of amidine groups is 1. The molecule has 0 saturated carbocycles. The van der Waals surface area contributed by atoms with Gasteiger partial charge in [-0.1, -0.05) is 53.7 Å². The largest absolute Gasteiger partial charge is 0.287 e. The second-order valence-electron chi connectivity index (χ2n) is 5.40. The Hall–Kier alpha value is -2.04. The first-order valence-electron chi connectivity index (χ1n) is 7.66. The van der Waals surface area contributed by atoms with Crippen LogP contribution in [0.25, 0.3) is 6.08 Å². The van der Waals surface area contributed by atoms with Crippen LogP contribution < -0.4 is 0 Å². The number of benzene rings is 2. The Bertz CT molecular complexity index is 799. The van der Waals surface area contributed by atoms with E-state index in [0.29, 0.717) is 11.6 Å². The van der Waals surface area contributed by atoms with Crippen molar-refractivity contribution in [3.8, 4) is 0 Å². The van der Waals surface area contributed by atoms with E-state index in [9.17, 15) is 4.79 Å². The van der Waals surface area contributed by atoms with Crippen LogP contribution in [0, 0.1) is 6.92 Å². The molecule has 0 spiro atoms. The summed E-state index contributed by atoms with van der Waals surface area (Å²) < 4.78 is 0. The van der Waals surface area contributed by atoms with Gasteiger partial charge in [0.2, 0.25) is 0 Å². The number of aryl methyl sites for hydroxylation is 1. The predicted octanol–water partition coefficient (Wildman–Crippen LogP) is 4.92. The number of nitrogens with zero attached hydrogens (tertiary/aromatic N) is 2. The molecule has 0 unspecified atom stereocenters. The normalized spacial score (nSPS) is 16.2. The molecule has 1 heterocycles. The van der Waals surface area contributed by atoms with Crippen LogP contribution in [-0.2, 0) is 4.79 Å². The molecule has 0 aromatic heterocycles. The van der Waals surface area contributed by atoms with Gasteiger partial charge in [0.25, 0.3) is 5.91 Å². The smallest absolute Gasteiger partial charge is 0.252 e. The molecule has 2 aromatic rings. The van der Waals surface area contributed by atoms with Gasteiger partial charge < -0.3 is 0 Å². The fraction of sp³-hybridized carbons (Fsp3) is 0.158. The third-order valence-corrected chi connectivity index (χ3v) is 4.87. The standard InChI is InChI=1S/C19H17ClN2OS/c1-14-4-2-3-5-17(14)21-19-22(12-13-24-19)18(23)11-8-15-6-9-16(20)10-7-15/h2-11H,12-13H2,1H3/b11-8+,21-19?. The van der Waals surface area contributed by atoms with Gasteiger partial charge in [0, 0.05) is 23.4 Å². The van der Waals surface area contributed by atoms with Crippen molar-refractivity contribution in [3.05, 3.63) is 70.8 Å². The summed E-state index contributed by atoms with van der Waals surface area (Å²) in [6.45, 7) is 2.70. The van der Waals surface area contributed by atoms with Crippen LogP contribution in [0.5, 0.6) is 0 Å². The Morgan fingerprint density at radius 1 is 1.21 bits per heavy atom. The van der Waals surface area contributed by atoms with Gasteiger partial charge in [-0.05, 0) is 42.3 Å².